The minimum atomic E-state index is -0.447. The van der Waals surface area contributed by atoms with Crippen LogP contribution in [0.2, 0.25) is 0 Å². The molecule has 1 fully saturated rings. The molecule has 0 saturated carbocycles. The molecular formula is C29H27NO. The minimum Gasteiger partial charge on any atom is -0.394 e. The summed E-state index contributed by atoms with van der Waals surface area (Å²) in [5.74, 6) is 0. The quantitative estimate of drug-likeness (QED) is 0.409. The average Bonchev–Trinajstić information content (AvgIpc) is 3.30. The Balaban J connectivity index is 1.68. The molecule has 154 valence electrons. The predicted octanol–water partition coefficient (Wildman–Crippen LogP) is 6.51. The van der Waals surface area contributed by atoms with E-state index >= 15 is 0 Å². The van der Waals surface area contributed by atoms with Gasteiger partial charge in [-0.1, -0.05) is 103 Å². The van der Waals surface area contributed by atoms with Crippen molar-refractivity contribution in [2.24, 2.45) is 0 Å². The fourth-order valence-electron chi connectivity index (χ4n) is 5.09. The summed E-state index contributed by atoms with van der Waals surface area (Å²) in [5, 5.41) is 10.9. The predicted molar refractivity (Wildman–Crippen MR) is 129 cm³/mol. The lowest BCUT2D eigenvalue weighted by molar-refractivity contribution is 0.198. The molecule has 2 heteroatoms. The Kier molecular flexibility index (Phi) is 5.31. The molecule has 0 amide bonds. The van der Waals surface area contributed by atoms with Gasteiger partial charge in [-0.3, -0.25) is 0 Å². The highest BCUT2D eigenvalue weighted by Crippen LogP contribution is 2.47. The first-order chi connectivity index (χ1) is 15.3. The fraction of sp³-hybridized carbons (Fsp3) is 0.172. The van der Waals surface area contributed by atoms with Gasteiger partial charge < -0.3 is 10.0 Å². The molecule has 1 aliphatic rings. The summed E-state index contributed by atoms with van der Waals surface area (Å²) < 4.78 is 0. The zero-order valence-corrected chi connectivity index (χ0v) is 17.6. The summed E-state index contributed by atoms with van der Waals surface area (Å²) in [6.45, 7) is 1.01. The van der Waals surface area contributed by atoms with E-state index in [1.807, 2.05) is 6.07 Å². The van der Waals surface area contributed by atoms with Crippen LogP contribution < -0.4 is 4.90 Å². The first-order valence-corrected chi connectivity index (χ1v) is 11.0. The van der Waals surface area contributed by atoms with Crippen LogP contribution in [-0.4, -0.2) is 18.3 Å². The van der Waals surface area contributed by atoms with Gasteiger partial charge in [-0.25, -0.2) is 0 Å². The fourth-order valence-corrected chi connectivity index (χ4v) is 5.09. The van der Waals surface area contributed by atoms with Crippen molar-refractivity contribution in [2.75, 3.05) is 18.1 Å². The van der Waals surface area contributed by atoms with Crippen LogP contribution in [0, 0.1) is 0 Å². The first kappa shape index (κ1) is 19.6. The Morgan fingerprint density at radius 2 is 1.19 bits per heavy atom. The van der Waals surface area contributed by atoms with Gasteiger partial charge in [-0.2, -0.15) is 0 Å². The normalized spacial score (nSPS) is 18.3. The highest BCUT2D eigenvalue weighted by atomic mass is 16.3. The SMILES string of the molecule is OC[C@]1(c2ccccc2-c2ccccc2)CCCN1c1ccccc1-c1ccccc1. The number of hydrogen-bond acceptors (Lipinski definition) is 2. The molecule has 0 spiro atoms. The molecule has 5 rings (SSSR count). The van der Waals surface area contributed by atoms with E-state index in [9.17, 15) is 5.11 Å². The summed E-state index contributed by atoms with van der Waals surface area (Å²) in [6, 6.07) is 38.2. The number of benzene rings is 4. The number of hydrogen-bond donors (Lipinski definition) is 1. The Morgan fingerprint density at radius 1 is 0.645 bits per heavy atom. The molecule has 1 saturated heterocycles. The highest BCUT2D eigenvalue weighted by Gasteiger charge is 2.44. The van der Waals surface area contributed by atoms with E-state index in [-0.39, 0.29) is 6.61 Å². The molecule has 0 aliphatic carbocycles. The van der Waals surface area contributed by atoms with Crippen LogP contribution in [0.5, 0.6) is 0 Å². The lowest BCUT2D eigenvalue weighted by Crippen LogP contribution is -2.45. The standard InChI is InChI=1S/C29H27NO/c31-22-29(27-18-9-7-16-25(27)23-12-3-1-4-13-23)20-11-21-30(29)28-19-10-8-17-26(28)24-14-5-2-6-15-24/h1-10,12-19,31H,11,20-22H2/t29-/m0/s1. The van der Waals surface area contributed by atoms with Crippen LogP contribution >= 0.6 is 0 Å². The molecule has 4 aromatic rings. The molecule has 1 aliphatic heterocycles. The largest absolute Gasteiger partial charge is 0.394 e. The van der Waals surface area contributed by atoms with Crippen molar-refractivity contribution in [1.82, 2.24) is 0 Å². The van der Waals surface area contributed by atoms with E-state index in [4.69, 9.17) is 0 Å². The van der Waals surface area contributed by atoms with E-state index < -0.39 is 5.54 Å². The highest BCUT2D eigenvalue weighted by molar-refractivity contribution is 5.80. The van der Waals surface area contributed by atoms with E-state index in [2.05, 4.69) is 108 Å². The first-order valence-electron chi connectivity index (χ1n) is 11.0. The molecule has 0 bridgehead atoms. The lowest BCUT2D eigenvalue weighted by atomic mass is 9.82. The van der Waals surface area contributed by atoms with Gasteiger partial charge in [0.25, 0.3) is 0 Å². The van der Waals surface area contributed by atoms with E-state index in [1.54, 1.807) is 0 Å². The topological polar surface area (TPSA) is 23.5 Å². The molecule has 0 aromatic heterocycles. The Hall–Kier alpha value is -3.36. The van der Waals surface area contributed by atoms with E-state index in [0.717, 1.165) is 19.4 Å². The monoisotopic (exact) mass is 405 g/mol. The smallest absolute Gasteiger partial charge is 0.0890 e. The second kappa shape index (κ2) is 8.41. The van der Waals surface area contributed by atoms with E-state index in [0.29, 0.717) is 0 Å². The summed E-state index contributed by atoms with van der Waals surface area (Å²) >= 11 is 0. The molecule has 0 unspecified atom stereocenters. The molecule has 1 N–H and O–H groups in total. The maximum atomic E-state index is 10.9. The van der Waals surface area contributed by atoms with Gasteiger partial charge in [-0.05, 0) is 41.2 Å². The van der Waals surface area contributed by atoms with Gasteiger partial charge in [0.05, 0.1) is 12.1 Å². The molecular weight excluding hydrogens is 378 g/mol. The van der Waals surface area contributed by atoms with Crippen LogP contribution in [0.1, 0.15) is 18.4 Å². The van der Waals surface area contributed by atoms with Crippen molar-refractivity contribution in [3.63, 3.8) is 0 Å². The molecule has 2 nitrogen and oxygen atoms in total. The average molecular weight is 406 g/mol. The number of para-hydroxylation sites is 1. The van der Waals surface area contributed by atoms with Crippen molar-refractivity contribution < 1.29 is 5.11 Å². The minimum absolute atomic E-state index is 0.0833. The van der Waals surface area contributed by atoms with Gasteiger partial charge >= 0.3 is 0 Å². The van der Waals surface area contributed by atoms with Crippen molar-refractivity contribution in [3.8, 4) is 22.3 Å². The van der Waals surface area contributed by atoms with Gasteiger partial charge in [0.1, 0.15) is 0 Å². The second-order valence-electron chi connectivity index (χ2n) is 8.24. The molecule has 4 aromatic carbocycles. The van der Waals surface area contributed by atoms with Crippen molar-refractivity contribution in [3.05, 3.63) is 115 Å². The van der Waals surface area contributed by atoms with Crippen molar-refractivity contribution in [1.29, 1.82) is 0 Å². The van der Waals surface area contributed by atoms with Crippen LogP contribution in [0.3, 0.4) is 0 Å². The van der Waals surface area contributed by atoms with Crippen LogP contribution in [0.4, 0.5) is 5.69 Å². The Morgan fingerprint density at radius 3 is 1.87 bits per heavy atom. The third-order valence-electron chi connectivity index (χ3n) is 6.54. The van der Waals surface area contributed by atoms with Gasteiger partial charge in [0, 0.05) is 17.8 Å². The zero-order chi connectivity index (χ0) is 21.1. The van der Waals surface area contributed by atoms with Crippen LogP contribution in [0.15, 0.2) is 109 Å². The van der Waals surface area contributed by atoms with Crippen LogP contribution in [-0.2, 0) is 5.54 Å². The van der Waals surface area contributed by atoms with Crippen molar-refractivity contribution >= 4 is 5.69 Å². The lowest BCUT2D eigenvalue weighted by Gasteiger charge is -2.41. The molecule has 0 radical (unpaired) electrons. The molecule has 1 atom stereocenters. The summed E-state index contributed by atoms with van der Waals surface area (Å²) in [7, 11) is 0. The Labute approximate surface area is 184 Å². The zero-order valence-electron chi connectivity index (χ0n) is 17.6. The van der Waals surface area contributed by atoms with E-state index in [1.165, 1.54) is 33.5 Å². The van der Waals surface area contributed by atoms with Crippen LogP contribution in [0.25, 0.3) is 22.3 Å². The molecule has 1 heterocycles. The van der Waals surface area contributed by atoms with Gasteiger partial charge in [0.15, 0.2) is 0 Å². The van der Waals surface area contributed by atoms with Crippen molar-refractivity contribution in [2.45, 2.75) is 18.4 Å². The number of nitrogens with zero attached hydrogens (tertiary/aromatic N) is 1. The number of anilines is 1. The maximum Gasteiger partial charge on any atom is 0.0890 e. The third-order valence-corrected chi connectivity index (χ3v) is 6.54. The summed E-state index contributed by atoms with van der Waals surface area (Å²) in [6.07, 6.45) is 1.98. The second-order valence-corrected chi connectivity index (χ2v) is 8.24. The number of rotatable bonds is 5. The van der Waals surface area contributed by atoms with Gasteiger partial charge in [-0.15, -0.1) is 0 Å². The number of aliphatic hydroxyl groups excluding tert-OH is 1. The van der Waals surface area contributed by atoms with Gasteiger partial charge in [0.2, 0.25) is 0 Å². The summed E-state index contributed by atoms with van der Waals surface area (Å²) in [5.41, 5.74) is 6.73. The third kappa shape index (κ3) is 3.43. The summed E-state index contributed by atoms with van der Waals surface area (Å²) in [4.78, 5) is 2.44. The molecule has 31 heavy (non-hydrogen) atoms. The Bertz CT molecular complexity index is 1160. The maximum absolute atomic E-state index is 10.9. The number of aliphatic hydroxyl groups is 1.